The fourth-order valence-electron chi connectivity index (χ4n) is 6.72. The van der Waals surface area contributed by atoms with Gasteiger partial charge < -0.3 is 10.1 Å². The highest BCUT2D eigenvalue weighted by molar-refractivity contribution is 8.00. The first-order valence-corrected chi connectivity index (χ1v) is 13.1. The van der Waals surface area contributed by atoms with Gasteiger partial charge in [0.2, 0.25) is 11.8 Å². The number of rotatable bonds is 5. The average Bonchev–Trinajstić information content (AvgIpc) is 3.49. The van der Waals surface area contributed by atoms with Crippen molar-refractivity contribution in [2.24, 2.45) is 29.6 Å². The van der Waals surface area contributed by atoms with Crippen LogP contribution in [0.3, 0.4) is 0 Å². The van der Waals surface area contributed by atoms with Crippen molar-refractivity contribution in [3.05, 3.63) is 44.7 Å². The van der Waals surface area contributed by atoms with Gasteiger partial charge in [0, 0.05) is 29.0 Å². The first kappa shape index (κ1) is 20.6. The number of fused-ring (bicyclic) bond motifs is 9. The van der Waals surface area contributed by atoms with E-state index in [0.29, 0.717) is 12.3 Å². The van der Waals surface area contributed by atoms with Crippen LogP contribution in [0.15, 0.2) is 35.4 Å². The van der Waals surface area contributed by atoms with E-state index in [1.165, 1.54) is 15.3 Å². The summed E-state index contributed by atoms with van der Waals surface area (Å²) in [6, 6.07) is 10.5. The number of nitrogens with zero attached hydrogens (tertiary/aromatic N) is 1. The van der Waals surface area contributed by atoms with E-state index in [0.717, 1.165) is 15.4 Å². The Morgan fingerprint density at radius 2 is 1.88 bits per heavy atom. The Kier molecular flexibility index (Phi) is 4.85. The molecule has 1 aromatic carbocycles. The molecule has 0 radical (unpaired) electrons. The zero-order chi connectivity index (χ0) is 22.1. The maximum Gasteiger partial charge on any atom is 0.303 e. The van der Waals surface area contributed by atoms with E-state index in [1.807, 2.05) is 17.8 Å². The largest absolute Gasteiger partial charge is 0.481 e. The smallest absolute Gasteiger partial charge is 0.303 e. The molecule has 7 unspecified atom stereocenters. The summed E-state index contributed by atoms with van der Waals surface area (Å²) < 4.78 is 0.771. The molecule has 2 aromatic rings. The first-order valence-electron chi connectivity index (χ1n) is 11.0. The Hall–Kier alpha value is -1.97. The van der Waals surface area contributed by atoms with E-state index < -0.39 is 5.97 Å². The summed E-state index contributed by atoms with van der Waals surface area (Å²) in [5.41, 5.74) is 1.24. The van der Waals surface area contributed by atoms with Crippen molar-refractivity contribution in [2.45, 2.75) is 35.5 Å². The fourth-order valence-corrected chi connectivity index (χ4v) is 10.1. The quantitative estimate of drug-likeness (QED) is 0.488. The third-order valence-electron chi connectivity index (χ3n) is 7.75. The predicted octanol–water partition coefficient (Wildman–Crippen LogP) is 4.14. The second kappa shape index (κ2) is 7.53. The van der Waals surface area contributed by atoms with Gasteiger partial charge in [0.05, 0.1) is 16.9 Å². The number of thioether (sulfide) groups is 1. The van der Waals surface area contributed by atoms with Crippen LogP contribution in [0.25, 0.3) is 0 Å². The average molecular weight is 487 g/mol. The minimum atomic E-state index is -0.902. The minimum absolute atomic E-state index is 0.0319. The summed E-state index contributed by atoms with van der Waals surface area (Å²) >= 11 is 8.92. The lowest BCUT2D eigenvalue weighted by Crippen LogP contribution is -2.42. The Labute approximate surface area is 198 Å². The topological polar surface area (TPSA) is 90.5 Å². The Morgan fingerprint density at radius 1 is 1.16 bits per heavy atom. The van der Waals surface area contributed by atoms with Gasteiger partial charge in [0.1, 0.15) is 0 Å². The molecule has 0 spiro atoms. The highest BCUT2D eigenvalue weighted by Gasteiger charge is 2.69. The number of aromatic amines is 1. The van der Waals surface area contributed by atoms with Crippen LogP contribution < -0.4 is 0 Å². The van der Waals surface area contributed by atoms with Gasteiger partial charge in [0.15, 0.2) is 3.95 Å². The van der Waals surface area contributed by atoms with Crippen LogP contribution in [0, 0.1) is 33.5 Å². The molecule has 32 heavy (non-hydrogen) atoms. The van der Waals surface area contributed by atoms with Crippen molar-refractivity contribution in [1.29, 1.82) is 0 Å². The number of amides is 2. The summed E-state index contributed by atoms with van der Waals surface area (Å²) in [5, 5.41) is 10.3. The van der Waals surface area contributed by atoms with Crippen LogP contribution in [0.2, 0.25) is 0 Å². The van der Waals surface area contributed by atoms with E-state index in [-0.39, 0.29) is 59.6 Å². The SMILES string of the molecule is O=C(O)CCCN1C(=O)C2C3CC(C2C1=O)C1C(c2ccccc2)c2sc(=S)[nH]c2SC31. The van der Waals surface area contributed by atoms with Gasteiger partial charge in [0.25, 0.3) is 0 Å². The molecule has 9 heteroatoms. The normalized spacial score (nSPS) is 34.5. The molecule has 2 bridgehead atoms. The van der Waals surface area contributed by atoms with E-state index in [4.69, 9.17) is 17.3 Å². The lowest BCUT2D eigenvalue weighted by Gasteiger charge is -2.43. The molecule has 6 nitrogen and oxygen atoms in total. The zero-order valence-corrected chi connectivity index (χ0v) is 19.6. The molecule has 2 aliphatic heterocycles. The molecule has 2 amide bonds. The Morgan fingerprint density at radius 3 is 2.59 bits per heavy atom. The van der Waals surface area contributed by atoms with Crippen molar-refractivity contribution < 1.29 is 19.5 Å². The van der Waals surface area contributed by atoms with Gasteiger partial charge >= 0.3 is 5.97 Å². The molecule has 7 atom stereocenters. The van der Waals surface area contributed by atoms with Crippen molar-refractivity contribution in [2.75, 3.05) is 6.54 Å². The van der Waals surface area contributed by atoms with Crippen LogP contribution >= 0.6 is 35.3 Å². The number of H-pyrrole nitrogens is 1. The number of aromatic nitrogens is 1. The molecular weight excluding hydrogens is 464 g/mol. The minimum Gasteiger partial charge on any atom is -0.481 e. The highest BCUT2D eigenvalue weighted by Crippen LogP contribution is 2.68. The second-order valence-electron chi connectivity index (χ2n) is 9.20. The number of benzene rings is 1. The van der Waals surface area contributed by atoms with Crippen molar-refractivity contribution in [3.8, 4) is 0 Å². The number of carbonyl (C=O) groups is 3. The monoisotopic (exact) mass is 486 g/mol. The molecule has 3 fully saturated rings. The van der Waals surface area contributed by atoms with Gasteiger partial charge in [-0.1, -0.05) is 30.3 Å². The van der Waals surface area contributed by atoms with Gasteiger partial charge in [-0.15, -0.1) is 23.1 Å². The number of carbonyl (C=O) groups excluding carboxylic acids is 2. The van der Waals surface area contributed by atoms with E-state index in [2.05, 4.69) is 29.2 Å². The van der Waals surface area contributed by atoms with Crippen molar-refractivity contribution >= 4 is 53.1 Å². The number of aliphatic carboxylic acids is 1. The van der Waals surface area contributed by atoms with Crippen LogP contribution in [-0.2, 0) is 14.4 Å². The predicted molar refractivity (Wildman–Crippen MR) is 123 cm³/mol. The van der Waals surface area contributed by atoms with Crippen molar-refractivity contribution in [3.63, 3.8) is 0 Å². The standard InChI is InChI=1S/C23H22N2O4S3/c26-13(27)7-4-8-25-21(28)16-11-9-12(17(16)22(25)29)18-15(11)14(10-5-2-1-3-6-10)19-20(31-18)24-23(30)32-19/h1-3,5-6,11-12,14-18H,4,7-9H2,(H,24,30)(H,26,27). The molecule has 2 N–H and O–H groups in total. The zero-order valence-electron chi connectivity index (χ0n) is 17.1. The number of likely N-dealkylation sites (tertiary alicyclic amines) is 1. The number of imide groups is 1. The van der Waals surface area contributed by atoms with Gasteiger partial charge in [-0.3, -0.25) is 19.3 Å². The summed E-state index contributed by atoms with van der Waals surface area (Å²) in [5.74, 6) is -0.795. The van der Waals surface area contributed by atoms with Crippen LogP contribution in [0.1, 0.15) is 35.6 Å². The van der Waals surface area contributed by atoms with Gasteiger partial charge in [-0.2, -0.15) is 0 Å². The number of carboxylic acids is 1. The molecule has 2 aliphatic carbocycles. The molecule has 1 aromatic heterocycles. The summed E-state index contributed by atoms with van der Waals surface area (Å²) in [7, 11) is 0. The molecule has 6 rings (SSSR count). The Balaban J connectivity index is 1.37. The second-order valence-corrected chi connectivity index (χ2v) is 12.1. The number of hydrogen-bond acceptors (Lipinski definition) is 6. The fraction of sp³-hybridized carbons (Fsp3) is 0.478. The number of hydrogen-bond donors (Lipinski definition) is 2. The summed E-state index contributed by atoms with van der Waals surface area (Å²) in [6.45, 7) is 0.210. The Bertz CT molecular complexity index is 1180. The van der Waals surface area contributed by atoms with Crippen LogP contribution in [0.5, 0.6) is 0 Å². The van der Waals surface area contributed by atoms with Crippen LogP contribution in [0.4, 0.5) is 0 Å². The molecular formula is C23H22N2O4S3. The highest BCUT2D eigenvalue weighted by atomic mass is 32.2. The number of carboxylic acid groups (broad SMARTS) is 1. The van der Waals surface area contributed by atoms with E-state index >= 15 is 0 Å². The van der Waals surface area contributed by atoms with Gasteiger partial charge in [-0.25, -0.2) is 0 Å². The number of nitrogens with one attached hydrogen (secondary N) is 1. The third-order valence-corrected chi connectivity index (χ3v) is 10.7. The molecule has 1 saturated heterocycles. The number of thiazole rings is 1. The summed E-state index contributed by atoms with van der Waals surface area (Å²) in [4.78, 5) is 43.5. The maximum atomic E-state index is 13.4. The molecule has 4 aliphatic rings. The molecule has 3 heterocycles. The lowest BCUT2D eigenvalue weighted by atomic mass is 9.68. The van der Waals surface area contributed by atoms with Crippen LogP contribution in [-0.4, -0.2) is 44.6 Å². The maximum absolute atomic E-state index is 13.4. The molecule has 2 saturated carbocycles. The molecule has 166 valence electrons. The first-order chi connectivity index (χ1) is 15.5. The van der Waals surface area contributed by atoms with E-state index in [9.17, 15) is 14.4 Å². The van der Waals surface area contributed by atoms with Crippen molar-refractivity contribution in [1.82, 2.24) is 9.88 Å². The van der Waals surface area contributed by atoms with E-state index in [1.54, 1.807) is 11.3 Å². The third kappa shape index (κ3) is 2.90. The summed E-state index contributed by atoms with van der Waals surface area (Å²) in [6.07, 6.45) is 1.19. The van der Waals surface area contributed by atoms with Gasteiger partial charge in [-0.05, 0) is 48.4 Å². The lowest BCUT2D eigenvalue weighted by molar-refractivity contribution is -0.142.